The molecule has 2 aromatic carbocycles. The van der Waals surface area contributed by atoms with Crippen molar-refractivity contribution in [3.05, 3.63) is 60.2 Å². The summed E-state index contributed by atoms with van der Waals surface area (Å²) in [5.74, 6) is 0.900. The van der Waals surface area contributed by atoms with Crippen molar-refractivity contribution in [2.45, 2.75) is 32.3 Å². The third-order valence-electron chi connectivity index (χ3n) is 3.56. The van der Waals surface area contributed by atoms with Crippen molar-refractivity contribution in [1.82, 2.24) is 0 Å². The summed E-state index contributed by atoms with van der Waals surface area (Å²) in [7, 11) is 0. The van der Waals surface area contributed by atoms with Gasteiger partial charge in [-0.05, 0) is 49.2 Å². The Balaban J connectivity index is 1.67. The monoisotopic (exact) mass is 298 g/mol. The van der Waals surface area contributed by atoms with Crippen molar-refractivity contribution in [1.29, 1.82) is 0 Å². The van der Waals surface area contributed by atoms with Crippen molar-refractivity contribution >= 4 is 5.69 Å². The fraction of sp³-hybridized carbons (Fsp3) is 0.368. The Morgan fingerprint density at radius 1 is 0.818 bits per heavy atom. The lowest BCUT2D eigenvalue weighted by atomic mass is 10.2. The Hall–Kier alpha value is -2.00. The minimum atomic E-state index is 0.606. The van der Waals surface area contributed by atoms with Gasteiger partial charge in [0.05, 0.1) is 0 Å². The number of hydrogen-bond acceptors (Lipinski definition) is 3. The average Bonchev–Trinajstić information content (AvgIpc) is 2.58. The van der Waals surface area contributed by atoms with Crippen molar-refractivity contribution < 1.29 is 4.74 Å². The van der Waals surface area contributed by atoms with E-state index in [0.29, 0.717) is 6.61 Å². The molecule has 0 aliphatic heterocycles. The molecule has 0 atom stereocenters. The summed E-state index contributed by atoms with van der Waals surface area (Å²) in [6, 6.07) is 18.4. The van der Waals surface area contributed by atoms with Gasteiger partial charge in [0, 0.05) is 12.2 Å². The Morgan fingerprint density at radius 2 is 1.55 bits per heavy atom. The highest BCUT2D eigenvalue weighted by molar-refractivity contribution is 5.46. The summed E-state index contributed by atoms with van der Waals surface area (Å²) in [4.78, 5) is 0. The Morgan fingerprint density at radius 3 is 2.27 bits per heavy atom. The number of ether oxygens (including phenoxy) is 1. The standard InChI is InChI=1S/C19H26N2O/c20-14-6-1-2-7-15-21-18-10-12-19(13-11-18)22-16-17-8-4-3-5-9-17/h3-5,8-13,21H,1-2,6-7,14-16,20H2. The molecule has 2 aromatic rings. The van der Waals surface area contributed by atoms with Crippen LogP contribution in [0.2, 0.25) is 0 Å². The van der Waals surface area contributed by atoms with Gasteiger partial charge in [0.2, 0.25) is 0 Å². The summed E-state index contributed by atoms with van der Waals surface area (Å²) < 4.78 is 5.78. The molecule has 0 saturated carbocycles. The number of benzene rings is 2. The van der Waals surface area contributed by atoms with Gasteiger partial charge in [-0.25, -0.2) is 0 Å². The van der Waals surface area contributed by atoms with E-state index in [0.717, 1.165) is 30.9 Å². The van der Waals surface area contributed by atoms with Crippen molar-refractivity contribution in [2.24, 2.45) is 5.73 Å². The Kier molecular flexibility index (Phi) is 7.33. The van der Waals surface area contributed by atoms with Crippen LogP contribution in [0.5, 0.6) is 5.75 Å². The highest BCUT2D eigenvalue weighted by Crippen LogP contribution is 2.17. The predicted molar refractivity (Wildman–Crippen MR) is 93.2 cm³/mol. The molecule has 22 heavy (non-hydrogen) atoms. The maximum atomic E-state index is 5.78. The molecular formula is C19H26N2O. The van der Waals surface area contributed by atoms with Gasteiger partial charge >= 0.3 is 0 Å². The first-order valence-electron chi connectivity index (χ1n) is 8.09. The van der Waals surface area contributed by atoms with Crippen molar-refractivity contribution in [3.8, 4) is 5.75 Å². The van der Waals surface area contributed by atoms with E-state index in [1.807, 2.05) is 30.3 Å². The van der Waals surface area contributed by atoms with Crippen molar-refractivity contribution in [3.63, 3.8) is 0 Å². The van der Waals surface area contributed by atoms with E-state index >= 15 is 0 Å². The van der Waals surface area contributed by atoms with Gasteiger partial charge in [0.15, 0.2) is 0 Å². The molecule has 0 unspecified atom stereocenters. The highest BCUT2D eigenvalue weighted by Gasteiger charge is 1.97. The molecule has 0 spiro atoms. The van der Waals surface area contributed by atoms with Gasteiger partial charge in [0.25, 0.3) is 0 Å². The van der Waals surface area contributed by atoms with E-state index in [2.05, 4.69) is 29.6 Å². The van der Waals surface area contributed by atoms with Crippen LogP contribution in [0.4, 0.5) is 5.69 Å². The molecule has 0 bridgehead atoms. The maximum absolute atomic E-state index is 5.78. The lowest BCUT2D eigenvalue weighted by Gasteiger charge is -2.09. The number of rotatable bonds is 10. The topological polar surface area (TPSA) is 47.3 Å². The lowest BCUT2D eigenvalue weighted by molar-refractivity contribution is 0.306. The molecule has 2 rings (SSSR count). The summed E-state index contributed by atoms with van der Waals surface area (Å²) in [5.41, 5.74) is 7.81. The van der Waals surface area contributed by atoms with Crippen LogP contribution in [0.25, 0.3) is 0 Å². The number of anilines is 1. The molecular weight excluding hydrogens is 272 g/mol. The van der Waals surface area contributed by atoms with E-state index in [1.165, 1.54) is 24.8 Å². The second-order valence-corrected chi connectivity index (χ2v) is 5.43. The zero-order valence-corrected chi connectivity index (χ0v) is 13.1. The van der Waals surface area contributed by atoms with Gasteiger partial charge < -0.3 is 15.8 Å². The molecule has 0 aromatic heterocycles. The third-order valence-corrected chi connectivity index (χ3v) is 3.56. The van der Waals surface area contributed by atoms with Crippen LogP contribution in [-0.2, 0) is 6.61 Å². The van der Waals surface area contributed by atoms with E-state index < -0.39 is 0 Å². The van der Waals surface area contributed by atoms with E-state index in [1.54, 1.807) is 0 Å². The first kappa shape index (κ1) is 16.4. The highest BCUT2D eigenvalue weighted by atomic mass is 16.5. The molecule has 118 valence electrons. The SMILES string of the molecule is NCCCCCCNc1ccc(OCc2ccccc2)cc1. The van der Waals surface area contributed by atoms with Crippen LogP contribution in [0.15, 0.2) is 54.6 Å². The smallest absolute Gasteiger partial charge is 0.119 e. The van der Waals surface area contributed by atoms with Crippen LogP contribution in [0.1, 0.15) is 31.2 Å². The number of hydrogen-bond donors (Lipinski definition) is 2. The van der Waals surface area contributed by atoms with E-state index in [9.17, 15) is 0 Å². The molecule has 0 aliphatic carbocycles. The zero-order valence-electron chi connectivity index (χ0n) is 13.1. The van der Waals surface area contributed by atoms with Gasteiger partial charge in [-0.1, -0.05) is 43.2 Å². The molecule has 3 heteroatoms. The van der Waals surface area contributed by atoms with Gasteiger partial charge in [-0.2, -0.15) is 0 Å². The zero-order chi connectivity index (χ0) is 15.5. The fourth-order valence-electron chi connectivity index (χ4n) is 2.27. The average molecular weight is 298 g/mol. The molecule has 0 fully saturated rings. The largest absolute Gasteiger partial charge is 0.489 e. The predicted octanol–water partition coefficient (Wildman–Crippen LogP) is 4.20. The number of nitrogens with one attached hydrogen (secondary N) is 1. The van der Waals surface area contributed by atoms with Crippen LogP contribution >= 0.6 is 0 Å². The van der Waals surface area contributed by atoms with E-state index in [-0.39, 0.29) is 0 Å². The Bertz CT molecular complexity index is 511. The van der Waals surface area contributed by atoms with Crippen LogP contribution in [0.3, 0.4) is 0 Å². The molecule has 3 N–H and O–H groups in total. The van der Waals surface area contributed by atoms with E-state index in [4.69, 9.17) is 10.5 Å². The van der Waals surface area contributed by atoms with Crippen molar-refractivity contribution in [2.75, 3.05) is 18.4 Å². The van der Waals surface area contributed by atoms with Gasteiger partial charge in [-0.15, -0.1) is 0 Å². The minimum absolute atomic E-state index is 0.606. The summed E-state index contributed by atoms with van der Waals surface area (Å²) in [6.45, 7) is 2.42. The molecule has 0 saturated heterocycles. The second kappa shape index (κ2) is 9.85. The molecule has 0 heterocycles. The first-order chi connectivity index (χ1) is 10.9. The molecule has 0 amide bonds. The number of nitrogens with two attached hydrogens (primary N) is 1. The number of unbranched alkanes of at least 4 members (excludes halogenated alkanes) is 3. The first-order valence-corrected chi connectivity index (χ1v) is 8.09. The van der Waals surface area contributed by atoms with Gasteiger partial charge in [-0.3, -0.25) is 0 Å². The second-order valence-electron chi connectivity index (χ2n) is 5.43. The third kappa shape index (κ3) is 6.19. The summed E-state index contributed by atoms with van der Waals surface area (Å²) >= 11 is 0. The summed E-state index contributed by atoms with van der Waals surface area (Å²) in [5, 5.41) is 3.44. The minimum Gasteiger partial charge on any atom is -0.489 e. The summed E-state index contributed by atoms with van der Waals surface area (Å²) in [6.07, 6.45) is 4.78. The van der Waals surface area contributed by atoms with Gasteiger partial charge in [0.1, 0.15) is 12.4 Å². The normalized spacial score (nSPS) is 10.4. The molecule has 0 aliphatic rings. The maximum Gasteiger partial charge on any atom is 0.119 e. The molecule has 3 nitrogen and oxygen atoms in total. The van der Waals surface area contributed by atoms with Crippen LogP contribution in [-0.4, -0.2) is 13.1 Å². The fourth-order valence-corrected chi connectivity index (χ4v) is 2.27. The molecule has 0 radical (unpaired) electrons. The Labute approximate surface area is 133 Å². The van der Waals surface area contributed by atoms with Crippen LogP contribution < -0.4 is 15.8 Å². The lowest BCUT2D eigenvalue weighted by Crippen LogP contribution is -2.02. The van der Waals surface area contributed by atoms with Crippen LogP contribution in [0, 0.1) is 0 Å². The quantitative estimate of drug-likeness (QED) is 0.646.